The molecule has 0 fully saturated rings. The van der Waals surface area contributed by atoms with Gasteiger partial charge in [-0.15, -0.1) is 0 Å². The molecule has 0 aliphatic carbocycles. The lowest BCUT2D eigenvalue weighted by Gasteiger charge is -2.18. The number of ether oxygens (including phenoxy) is 3. The monoisotopic (exact) mass is 373 g/mol. The largest absolute Gasteiger partial charge is 0.486 e. The van der Waals surface area contributed by atoms with Gasteiger partial charge in [-0.25, -0.2) is 4.39 Å². The van der Waals surface area contributed by atoms with E-state index in [2.05, 4.69) is 5.32 Å². The lowest BCUT2D eigenvalue weighted by Crippen LogP contribution is -2.30. The number of nitrogens with one attached hydrogen (secondary N) is 1. The zero-order chi connectivity index (χ0) is 19.1. The molecule has 2 aromatic carbocycles. The highest BCUT2D eigenvalue weighted by molar-refractivity contribution is 5.81. The summed E-state index contributed by atoms with van der Waals surface area (Å²) in [5, 5.41) is 2.66. The van der Waals surface area contributed by atoms with E-state index in [1.807, 2.05) is 0 Å². The van der Waals surface area contributed by atoms with Crippen molar-refractivity contribution in [2.24, 2.45) is 0 Å². The van der Waals surface area contributed by atoms with Crippen molar-refractivity contribution >= 4 is 11.9 Å². The molecule has 1 amide bonds. The molecule has 6 nitrogen and oxygen atoms in total. The Morgan fingerprint density at radius 2 is 1.70 bits per heavy atom. The number of halogens is 1. The standard InChI is InChI=1S/C20H20FNO5/c21-16-4-1-14(2-5-16)7-8-22-19(23)13-27-20(24)12-15-3-6-17-18(11-15)26-10-9-25-17/h1-6,11H,7-10,12-13H2,(H,22,23). The molecule has 0 aromatic heterocycles. The first-order chi connectivity index (χ1) is 13.1. The van der Waals surface area contributed by atoms with E-state index in [1.165, 1.54) is 12.1 Å². The minimum absolute atomic E-state index is 0.0412. The number of hydrogen-bond acceptors (Lipinski definition) is 5. The molecule has 3 rings (SSSR count). The molecule has 0 saturated carbocycles. The number of esters is 1. The smallest absolute Gasteiger partial charge is 0.310 e. The first-order valence-electron chi connectivity index (χ1n) is 8.65. The average Bonchev–Trinajstić information content (AvgIpc) is 2.68. The molecule has 0 saturated heterocycles. The number of benzene rings is 2. The Bertz CT molecular complexity index is 807. The van der Waals surface area contributed by atoms with Crippen LogP contribution in [0.25, 0.3) is 0 Å². The molecule has 0 radical (unpaired) electrons. The minimum atomic E-state index is -0.500. The van der Waals surface area contributed by atoms with Gasteiger partial charge in [-0.3, -0.25) is 9.59 Å². The van der Waals surface area contributed by atoms with Crippen LogP contribution in [0.15, 0.2) is 42.5 Å². The SMILES string of the molecule is O=C(COC(=O)Cc1ccc2c(c1)OCCO2)NCCc1ccc(F)cc1. The number of carbonyl (C=O) groups is 2. The van der Waals surface area contributed by atoms with E-state index < -0.39 is 5.97 Å². The molecule has 1 aliphatic heterocycles. The Kier molecular flexibility index (Phi) is 6.25. The van der Waals surface area contributed by atoms with Crippen LogP contribution in [0.2, 0.25) is 0 Å². The van der Waals surface area contributed by atoms with E-state index in [0.717, 1.165) is 11.1 Å². The third-order valence-corrected chi connectivity index (χ3v) is 3.97. The molecule has 7 heteroatoms. The van der Waals surface area contributed by atoms with Crippen molar-refractivity contribution in [3.05, 3.63) is 59.4 Å². The topological polar surface area (TPSA) is 73.9 Å². The number of amides is 1. The molecule has 27 heavy (non-hydrogen) atoms. The highest BCUT2D eigenvalue weighted by Gasteiger charge is 2.14. The van der Waals surface area contributed by atoms with E-state index in [-0.39, 0.29) is 24.8 Å². The summed E-state index contributed by atoms with van der Waals surface area (Å²) in [5.74, 6) is 0.0738. The van der Waals surface area contributed by atoms with Crippen LogP contribution in [0.5, 0.6) is 11.5 Å². The summed E-state index contributed by atoms with van der Waals surface area (Å²) >= 11 is 0. The predicted molar refractivity (Wildman–Crippen MR) is 95.2 cm³/mol. The Hall–Kier alpha value is -3.09. The first-order valence-corrected chi connectivity index (χ1v) is 8.65. The number of rotatable bonds is 7. The van der Waals surface area contributed by atoms with Crippen LogP contribution in [-0.2, 0) is 27.2 Å². The van der Waals surface area contributed by atoms with Gasteiger partial charge in [0.15, 0.2) is 18.1 Å². The summed E-state index contributed by atoms with van der Waals surface area (Å²) in [5.41, 5.74) is 1.63. The van der Waals surface area contributed by atoms with Gasteiger partial charge in [-0.1, -0.05) is 18.2 Å². The number of fused-ring (bicyclic) bond motifs is 1. The summed E-state index contributed by atoms with van der Waals surface area (Å²) in [6.07, 6.45) is 0.608. The summed E-state index contributed by atoms with van der Waals surface area (Å²) in [4.78, 5) is 23.7. The van der Waals surface area contributed by atoms with Crippen LogP contribution in [0.4, 0.5) is 4.39 Å². The lowest BCUT2D eigenvalue weighted by atomic mass is 10.1. The highest BCUT2D eigenvalue weighted by atomic mass is 19.1. The molecule has 1 N–H and O–H groups in total. The Balaban J connectivity index is 1.37. The normalized spacial score (nSPS) is 12.3. The van der Waals surface area contributed by atoms with E-state index in [9.17, 15) is 14.0 Å². The Labute approximate surface area is 156 Å². The second-order valence-corrected chi connectivity index (χ2v) is 6.04. The van der Waals surface area contributed by atoms with Gasteiger partial charge in [0, 0.05) is 6.54 Å². The maximum Gasteiger partial charge on any atom is 0.310 e. The maximum atomic E-state index is 12.8. The highest BCUT2D eigenvalue weighted by Crippen LogP contribution is 2.30. The van der Waals surface area contributed by atoms with E-state index >= 15 is 0 Å². The second-order valence-electron chi connectivity index (χ2n) is 6.04. The van der Waals surface area contributed by atoms with Crippen LogP contribution in [0.1, 0.15) is 11.1 Å². The molecule has 0 atom stereocenters. The summed E-state index contributed by atoms with van der Waals surface area (Å²) in [7, 11) is 0. The van der Waals surface area contributed by atoms with Gasteiger partial charge in [0.05, 0.1) is 6.42 Å². The summed E-state index contributed by atoms with van der Waals surface area (Å²) < 4.78 is 28.7. The van der Waals surface area contributed by atoms with Gasteiger partial charge in [0.1, 0.15) is 19.0 Å². The number of hydrogen-bond donors (Lipinski definition) is 1. The quantitative estimate of drug-likeness (QED) is 0.752. The molecule has 0 spiro atoms. The summed E-state index contributed by atoms with van der Waals surface area (Å²) in [6.45, 7) is 1.01. The minimum Gasteiger partial charge on any atom is -0.486 e. The van der Waals surface area contributed by atoms with Gasteiger partial charge in [-0.05, 0) is 41.8 Å². The third kappa shape index (κ3) is 5.70. The van der Waals surface area contributed by atoms with E-state index in [4.69, 9.17) is 14.2 Å². The fourth-order valence-corrected chi connectivity index (χ4v) is 2.61. The molecule has 0 unspecified atom stereocenters. The fourth-order valence-electron chi connectivity index (χ4n) is 2.61. The molecular formula is C20H20FNO5. The lowest BCUT2D eigenvalue weighted by molar-refractivity contribution is -0.147. The Morgan fingerprint density at radius 1 is 1.00 bits per heavy atom. The van der Waals surface area contributed by atoms with Crippen LogP contribution < -0.4 is 14.8 Å². The van der Waals surface area contributed by atoms with Gasteiger partial charge >= 0.3 is 5.97 Å². The first kappa shape index (κ1) is 18.7. The van der Waals surface area contributed by atoms with E-state index in [1.54, 1.807) is 30.3 Å². The maximum absolute atomic E-state index is 12.8. The van der Waals surface area contributed by atoms with Gasteiger partial charge in [-0.2, -0.15) is 0 Å². The van der Waals surface area contributed by atoms with Crippen LogP contribution >= 0.6 is 0 Å². The van der Waals surface area contributed by atoms with Gasteiger partial charge in [0.25, 0.3) is 5.91 Å². The molecule has 0 bridgehead atoms. The summed E-state index contributed by atoms with van der Waals surface area (Å²) in [6, 6.07) is 11.3. The molecule has 1 heterocycles. The van der Waals surface area contributed by atoms with Crippen molar-refractivity contribution in [1.29, 1.82) is 0 Å². The fraction of sp³-hybridized carbons (Fsp3) is 0.300. The Morgan fingerprint density at radius 3 is 2.48 bits per heavy atom. The predicted octanol–water partition coefficient (Wildman–Crippen LogP) is 2.04. The number of carbonyl (C=O) groups excluding carboxylic acids is 2. The van der Waals surface area contributed by atoms with Crippen LogP contribution in [-0.4, -0.2) is 38.2 Å². The van der Waals surface area contributed by atoms with Crippen LogP contribution in [0.3, 0.4) is 0 Å². The average molecular weight is 373 g/mol. The second kappa shape index (κ2) is 9.02. The van der Waals surface area contributed by atoms with Gasteiger partial charge in [0.2, 0.25) is 0 Å². The molecule has 2 aromatic rings. The van der Waals surface area contributed by atoms with Crippen molar-refractivity contribution in [3.8, 4) is 11.5 Å². The molecule has 1 aliphatic rings. The van der Waals surface area contributed by atoms with Gasteiger partial charge < -0.3 is 19.5 Å². The van der Waals surface area contributed by atoms with Crippen molar-refractivity contribution in [3.63, 3.8) is 0 Å². The molecule has 142 valence electrons. The van der Waals surface area contributed by atoms with Crippen molar-refractivity contribution in [1.82, 2.24) is 5.32 Å². The zero-order valence-corrected chi connectivity index (χ0v) is 14.7. The van der Waals surface area contributed by atoms with E-state index in [0.29, 0.717) is 37.7 Å². The zero-order valence-electron chi connectivity index (χ0n) is 14.7. The van der Waals surface area contributed by atoms with Crippen molar-refractivity contribution in [2.75, 3.05) is 26.4 Å². The van der Waals surface area contributed by atoms with Crippen molar-refractivity contribution < 1.29 is 28.2 Å². The third-order valence-electron chi connectivity index (χ3n) is 3.97. The molecular weight excluding hydrogens is 353 g/mol. The van der Waals surface area contributed by atoms with Crippen molar-refractivity contribution in [2.45, 2.75) is 12.8 Å². The van der Waals surface area contributed by atoms with Crippen LogP contribution in [0, 0.1) is 5.82 Å².